The Morgan fingerprint density at radius 3 is 2.00 bits per heavy atom. The molecule has 0 aliphatic heterocycles. The lowest BCUT2D eigenvalue weighted by Gasteiger charge is -2.28. The molecule has 192 valence electrons. The fraction of sp³-hybridized carbons (Fsp3) is 0.400. The Labute approximate surface area is 210 Å². The number of rotatable bonds is 10. The molecule has 0 amide bonds. The average molecular weight is 501 g/mol. The van der Waals surface area contributed by atoms with Crippen LogP contribution in [0.1, 0.15) is 57.4 Å². The second kappa shape index (κ2) is 12.3. The molecule has 1 aliphatic rings. The maximum absolute atomic E-state index is 14.7. The summed E-state index contributed by atoms with van der Waals surface area (Å²) in [5.41, 5.74) is 2.32. The van der Waals surface area contributed by atoms with Crippen LogP contribution in [0.2, 0.25) is 0 Å². The topological polar surface area (TPSA) is 18.5 Å². The third-order valence-electron chi connectivity index (χ3n) is 7.09. The number of ether oxygens (including phenoxy) is 2. The number of alkyl halides is 2. The third kappa shape index (κ3) is 6.80. The van der Waals surface area contributed by atoms with Crippen molar-refractivity contribution >= 4 is 0 Å². The van der Waals surface area contributed by atoms with Crippen molar-refractivity contribution < 1.29 is 27.0 Å². The van der Waals surface area contributed by atoms with Crippen molar-refractivity contribution in [2.45, 2.75) is 64.9 Å². The Hall–Kier alpha value is -3.02. The Morgan fingerprint density at radius 2 is 1.39 bits per heavy atom. The minimum atomic E-state index is -2.95. The Bertz CT molecular complexity index is 1110. The quantitative estimate of drug-likeness (QED) is 0.258. The molecular weight excluding hydrogens is 468 g/mol. The number of aryl methyl sites for hydroxylation is 1. The van der Waals surface area contributed by atoms with Crippen molar-refractivity contribution in [3.63, 3.8) is 0 Å². The van der Waals surface area contributed by atoms with E-state index < -0.39 is 18.2 Å². The van der Waals surface area contributed by atoms with Gasteiger partial charge < -0.3 is 9.47 Å². The van der Waals surface area contributed by atoms with E-state index in [1.54, 1.807) is 0 Å². The first kappa shape index (κ1) is 26.1. The van der Waals surface area contributed by atoms with Crippen LogP contribution in [0.4, 0.5) is 17.6 Å². The van der Waals surface area contributed by atoms with Gasteiger partial charge in [0.1, 0.15) is 11.5 Å². The molecule has 0 unspecified atom stereocenters. The Morgan fingerprint density at radius 1 is 0.778 bits per heavy atom. The predicted molar refractivity (Wildman–Crippen MR) is 134 cm³/mol. The van der Waals surface area contributed by atoms with Crippen LogP contribution >= 0.6 is 0 Å². The van der Waals surface area contributed by atoms with E-state index in [0.717, 1.165) is 24.3 Å². The second-order valence-corrected chi connectivity index (χ2v) is 9.60. The van der Waals surface area contributed by atoms with E-state index in [9.17, 15) is 17.6 Å². The molecule has 0 saturated heterocycles. The molecule has 1 saturated carbocycles. The molecule has 6 heteroatoms. The van der Waals surface area contributed by atoms with Crippen molar-refractivity contribution in [2.75, 3.05) is 0 Å². The van der Waals surface area contributed by atoms with Crippen molar-refractivity contribution in [3.05, 3.63) is 77.9 Å². The van der Waals surface area contributed by atoms with E-state index in [0.29, 0.717) is 11.1 Å². The highest BCUT2D eigenvalue weighted by Gasteiger charge is 2.21. The molecule has 4 rings (SSSR count). The van der Waals surface area contributed by atoms with Crippen LogP contribution in [0.5, 0.6) is 17.2 Å². The van der Waals surface area contributed by atoms with Gasteiger partial charge in [-0.2, -0.15) is 13.2 Å². The molecule has 0 radical (unpaired) electrons. The first-order valence-electron chi connectivity index (χ1n) is 12.7. The maximum atomic E-state index is 14.7. The monoisotopic (exact) mass is 500 g/mol. The van der Waals surface area contributed by atoms with Gasteiger partial charge in [-0.25, -0.2) is 4.39 Å². The average Bonchev–Trinajstić information content (AvgIpc) is 2.88. The predicted octanol–water partition coefficient (Wildman–Crippen LogP) is 9.56. The zero-order valence-electron chi connectivity index (χ0n) is 20.5. The lowest BCUT2D eigenvalue weighted by atomic mass is 9.78. The maximum Gasteiger partial charge on any atom is 0.387 e. The van der Waals surface area contributed by atoms with Gasteiger partial charge in [0.15, 0.2) is 11.6 Å². The fourth-order valence-corrected chi connectivity index (χ4v) is 5.10. The lowest BCUT2D eigenvalue weighted by molar-refractivity contribution is -0.0498. The van der Waals surface area contributed by atoms with Crippen molar-refractivity contribution in [1.29, 1.82) is 0 Å². The highest BCUT2D eigenvalue weighted by Crippen LogP contribution is 2.38. The van der Waals surface area contributed by atoms with Crippen LogP contribution in [0.3, 0.4) is 0 Å². The highest BCUT2D eigenvalue weighted by atomic mass is 19.3. The standard InChI is InChI=1S/C30H32F4O2/c1-2-3-20-4-6-21(7-5-20)8-9-22-10-12-23(13-11-22)26-18-19-27(31)28(32)29(26)35-24-14-16-25(17-15-24)36-30(33)34/h10-21,30H,2-9H2,1H3/t20-,21-. The van der Waals surface area contributed by atoms with Gasteiger partial charge in [-0.1, -0.05) is 69.7 Å². The largest absolute Gasteiger partial charge is 0.454 e. The second-order valence-electron chi connectivity index (χ2n) is 9.60. The van der Waals surface area contributed by atoms with E-state index in [2.05, 4.69) is 11.7 Å². The van der Waals surface area contributed by atoms with E-state index in [4.69, 9.17) is 4.74 Å². The van der Waals surface area contributed by atoms with Crippen molar-refractivity contribution in [2.24, 2.45) is 11.8 Å². The molecule has 0 spiro atoms. The molecule has 0 atom stereocenters. The Balaban J connectivity index is 1.43. The van der Waals surface area contributed by atoms with Gasteiger partial charge in [-0.3, -0.25) is 0 Å². The van der Waals surface area contributed by atoms with Gasteiger partial charge >= 0.3 is 6.61 Å². The van der Waals surface area contributed by atoms with Gasteiger partial charge in [0, 0.05) is 5.56 Å². The van der Waals surface area contributed by atoms with Gasteiger partial charge in [-0.15, -0.1) is 0 Å². The summed E-state index contributed by atoms with van der Waals surface area (Å²) in [4.78, 5) is 0. The summed E-state index contributed by atoms with van der Waals surface area (Å²) in [6.45, 7) is -0.690. The molecule has 2 nitrogen and oxygen atoms in total. The molecule has 3 aromatic rings. The summed E-state index contributed by atoms with van der Waals surface area (Å²) < 4.78 is 63.5. The van der Waals surface area contributed by atoms with Crippen LogP contribution in [0.15, 0.2) is 60.7 Å². The summed E-state index contributed by atoms with van der Waals surface area (Å²) in [5, 5.41) is 0. The minimum Gasteiger partial charge on any atom is -0.454 e. The van der Waals surface area contributed by atoms with Gasteiger partial charge in [0.25, 0.3) is 0 Å². The van der Waals surface area contributed by atoms with Crippen LogP contribution in [0.25, 0.3) is 11.1 Å². The van der Waals surface area contributed by atoms with Crippen LogP contribution < -0.4 is 9.47 Å². The van der Waals surface area contributed by atoms with Gasteiger partial charge in [-0.05, 0) is 72.2 Å². The number of halogens is 4. The normalized spacial score (nSPS) is 17.8. The molecule has 0 aromatic heterocycles. The first-order chi connectivity index (χ1) is 17.4. The van der Waals surface area contributed by atoms with Crippen molar-refractivity contribution in [3.8, 4) is 28.4 Å². The molecule has 1 aliphatic carbocycles. The van der Waals surface area contributed by atoms with E-state index in [-0.39, 0.29) is 17.2 Å². The zero-order chi connectivity index (χ0) is 25.5. The summed E-state index contributed by atoms with van der Waals surface area (Å²) in [6, 6.07) is 15.7. The number of hydrogen-bond acceptors (Lipinski definition) is 2. The third-order valence-corrected chi connectivity index (χ3v) is 7.09. The summed E-state index contributed by atoms with van der Waals surface area (Å²) in [5.74, 6) is -0.591. The van der Waals surface area contributed by atoms with E-state index >= 15 is 0 Å². The lowest BCUT2D eigenvalue weighted by Crippen LogP contribution is -2.15. The fourth-order valence-electron chi connectivity index (χ4n) is 5.10. The molecule has 1 fully saturated rings. The van der Waals surface area contributed by atoms with E-state index in [1.807, 2.05) is 24.3 Å². The summed E-state index contributed by atoms with van der Waals surface area (Å²) in [7, 11) is 0. The van der Waals surface area contributed by atoms with Crippen LogP contribution in [-0.4, -0.2) is 6.61 Å². The first-order valence-corrected chi connectivity index (χ1v) is 12.7. The van der Waals surface area contributed by atoms with Crippen LogP contribution in [0, 0.1) is 23.5 Å². The number of hydrogen-bond donors (Lipinski definition) is 0. The molecule has 0 heterocycles. The Kier molecular flexibility index (Phi) is 8.89. The molecule has 3 aromatic carbocycles. The van der Waals surface area contributed by atoms with Gasteiger partial charge in [0.2, 0.25) is 5.82 Å². The summed E-state index contributed by atoms with van der Waals surface area (Å²) >= 11 is 0. The van der Waals surface area contributed by atoms with Crippen LogP contribution in [-0.2, 0) is 6.42 Å². The summed E-state index contributed by atoms with van der Waals surface area (Å²) in [6.07, 6.45) is 10.1. The molecule has 0 N–H and O–H groups in total. The SMILES string of the molecule is CCC[C@H]1CC[C@H](CCc2ccc(-c3ccc(F)c(F)c3Oc3ccc(OC(F)F)cc3)cc2)CC1. The minimum absolute atomic E-state index is 0.0538. The molecule has 0 bridgehead atoms. The highest BCUT2D eigenvalue weighted by molar-refractivity contribution is 5.71. The zero-order valence-corrected chi connectivity index (χ0v) is 20.5. The van der Waals surface area contributed by atoms with Gasteiger partial charge in [0.05, 0.1) is 0 Å². The molecule has 36 heavy (non-hydrogen) atoms. The molecular formula is C30H32F4O2. The smallest absolute Gasteiger partial charge is 0.387 e. The van der Waals surface area contributed by atoms with Crippen molar-refractivity contribution in [1.82, 2.24) is 0 Å². The number of benzene rings is 3. The van der Waals surface area contributed by atoms with E-state index in [1.165, 1.54) is 80.8 Å².